The van der Waals surface area contributed by atoms with E-state index in [-0.39, 0.29) is 6.23 Å². The maximum Gasteiger partial charge on any atom is 0.105 e. The summed E-state index contributed by atoms with van der Waals surface area (Å²) in [6, 6.07) is 0.503. The molecule has 0 fully saturated rings. The van der Waals surface area contributed by atoms with E-state index in [1.165, 1.54) is 64.2 Å². The van der Waals surface area contributed by atoms with Crippen molar-refractivity contribution in [2.24, 2.45) is 0 Å². The zero-order chi connectivity index (χ0) is 14.3. The van der Waals surface area contributed by atoms with E-state index < -0.39 is 0 Å². The lowest BCUT2D eigenvalue weighted by molar-refractivity contribution is 0.0348. The summed E-state index contributed by atoms with van der Waals surface area (Å²) in [5, 5.41) is 3.36. The van der Waals surface area contributed by atoms with Crippen LogP contribution in [0.2, 0.25) is 0 Å². The van der Waals surface area contributed by atoms with E-state index in [4.69, 9.17) is 4.74 Å². The van der Waals surface area contributed by atoms with Crippen LogP contribution in [-0.2, 0) is 4.74 Å². The van der Waals surface area contributed by atoms with Crippen LogP contribution in [0.3, 0.4) is 0 Å². The van der Waals surface area contributed by atoms with Crippen molar-refractivity contribution >= 4 is 0 Å². The predicted octanol–water partition coefficient (Wildman–Crippen LogP) is 5.27. The fourth-order valence-corrected chi connectivity index (χ4v) is 2.37. The Labute approximate surface area is 121 Å². The molecule has 0 radical (unpaired) electrons. The quantitative estimate of drug-likeness (QED) is 0.343. The Morgan fingerprint density at radius 2 is 1.21 bits per heavy atom. The van der Waals surface area contributed by atoms with Crippen molar-refractivity contribution in [3.63, 3.8) is 0 Å². The Kier molecular flexibility index (Phi) is 14.3. The zero-order valence-corrected chi connectivity index (χ0v) is 13.8. The number of rotatable bonds is 14. The molecule has 116 valence electrons. The zero-order valence-electron chi connectivity index (χ0n) is 13.8. The highest BCUT2D eigenvalue weighted by atomic mass is 16.5. The molecular formula is C17H37NO. The van der Waals surface area contributed by atoms with Gasteiger partial charge in [0.2, 0.25) is 0 Å². The van der Waals surface area contributed by atoms with Crippen LogP contribution in [0.5, 0.6) is 0 Å². The molecular weight excluding hydrogens is 234 g/mol. The smallest absolute Gasteiger partial charge is 0.105 e. The maximum absolute atomic E-state index is 5.71. The largest absolute Gasteiger partial charge is 0.364 e. The number of ether oxygens (including phenoxy) is 1. The number of unbranched alkanes of at least 4 members (excludes halogenated alkanes) is 9. The molecule has 1 unspecified atom stereocenters. The summed E-state index contributed by atoms with van der Waals surface area (Å²) >= 11 is 0. The first-order valence-electron chi connectivity index (χ1n) is 8.54. The van der Waals surface area contributed by atoms with E-state index in [0.717, 1.165) is 6.61 Å². The molecule has 1 atom stereocenters. The van der Waals surface area contributed by atoms with Gasteiger partial charge >= 0.3 is 0 Å². The van der Waals surface area contributed by atoms with Crippen LogP contribution in [0.4, 0.5) is 0 Å². The molecule has 0 aromatic rings. The van der Waals surface area contributed by atoms with E-state index in [1.807, 2.05) is 0 Å². The molecule has 0 aliphatic heterocycles. The minimum Gasteiger partial charge on any atom is -0.364 e. The van der Waals surface area contributed by atoms with Gasteiger partial charge in [0.05, 0.1) is 0 Å². The van der Waals surface area contributed by atoms with Crippen molar-refractivity contribution in [2.75, 3.05) is 6.61 Å². The Hall–Kier alpha value is -0.0800. The van der Waals surface area contributed by atoms with Crippen LogP contribution >= 0.6 is 0 Å². The van der Waals surface area contributed by atoms with E-state index in [1.54, 1.807) is 0 Å². The van der Waals surface area contributed by atoms with Crippen LogP contribution in [-0.4, -0.2) is 18.9 Å². The summed E-state index contributed by atoms with van der Waals surface area (Å²) in [6.07, 6.45) is 14.0. The van der Waals surface area contributed by atoms with E-state index in [2.05, 4.69) is 33.0 Å². The number of hydrogen-bond acceptors (Lipinski definition) is 2. The van der Waals surface area contributed by atoms with Crippen molar-refractivity contribution in [3.8, 4) is 0 Å². The van der Waals surface area contributed by atoms with E-state index >= 15 is 0 Å². The Morgan fingerprint density at radius 1 is 0.737 bits per heavy atom. The molecule has 0 aromatic carbocycles. The normalized spacial score (nSPS) is 13.1. The molecule has 0 aliphatic carbocycles. The van der Waals surface area contributed by atoms with Crippen LogP contribution in [0, 0.1) is 0 Å². The van der Waals surface area contributed by atoms with Crippen molar-refractivity contribution in [2.45, 2.75) is 104 Å². The van der Waals surface area contributed by atoms with Gasteiger partial charge in [0.1, 0.15) is 6.23 Å². The number of hydrogen-bond donors (Lipinski definition) is 1. The van der Waals surface area contributed by atoms with Gasteiger partial charge in [-0.2, -0.15) is 0 Å². The molecule has 0 bridgehead atoms. The Morgan fingerprint density at radius 3 is 1.68 bits per heavy atom. The molecule has 0 aromatic heterocycles. The molecule has 0 rings (SSSR count). The van der Waals surface area contributed by atoms with Crippen molar-refractivity contribution < 1.29 is 4.74 Å². The number of nitrogens with one attached hydrogen (secondary N) is 1. The van der Waals surface area contributed by atoms with Crippen LogP contribution in [0.25, 0.3) is 0 Å². The van der Waals surface area contributed by atoms with Gasteiger partial charge in [-0.3, -0.25) is 5.32 Å². The molecule has 1 N–H and O–H groups in total. The predicted molar refractivity (Wildman–Crippen MR) is 85.5 cm³/mol. The molecule has 0 saturated carbocycles. The standard InChI is InChI=1S/C17H37NO/c1-5-6-7-8-9-10-11-12-13-14-15-19-17(4)18-16(2)3/h16-18H,5-15H2,1-4H3. The third-order valence-electron chi connectivity index (χ3n) is 3.43. The van der Waals surface area contributed by atoms with Crippen LogP contribution < -0.4 is 5.32 Å². The van der Waals surface area contributed by atoms with Gasteiger partial charge in [-0.1, -0.05) is 64.7 Å². The Bertz CT molecular complexity index is 171. The van der Waals surface area contributed by atoms with Crippen molar-refractivity contribution in [1.29, 1.82) is 0 Å². The second-order valence-electron chi connectivity index (χ2n) is 6.02. The first-order valence-corrected chi connectivity index (χ1v) is 8.54. The Balaban J connectivity index is 3.06. The average molecular weight is 271 g/mol. The molecule has 2 nitrogen and oxygen atoms in total. The lowest BCUT2D eigenvalue weighted by atomic mass is 10.1. The third-order valence-corrected chi connectivity index (χ3v) is 3.43. The third kappa shape index (κ3) is 15.9. The molecule has 0 amide bonds. The molecule has 2 heteroatoms. The van der Waals surface area contributed by atoms with Gasteiger partial charge in [-0.05, 0) is 27.2 Å². The molecule has 19 heavy (non-hydrogen) atoms. The SMILES string of the molecule is CCCCCCCCCCCCOC(C)NC(C)C. The highest BCUT2D eigenvalue weighted by Gasteiger charge is 2.02. The van der Waals surface area contributed by atoms with Gasteiger partial charge in [0.15, 0.2) is 0 Å². The van der Waals surface area contributed by atoms with E-state index in [0.29, 0.717) is 6.04 Å². The average Bonchev–Trinajstić information content (AvgIpc) is 2.35. The fourth-order valence-electron chi connectivity index (χ4n) is 2.37. The van der Waals surface area contributed by atoms with Gasteiger partial charge in [-0.25, -0.2) is 0 Å². The summed E-state index contributed by atoms with van der Waals surface area (Å²) in [5.41, 5.74) is 0. The highest BCUT2D eigenvalue weighted by Crippen LogP contribution is 2.10. The van der Waals surface area contributed by atoms with Gasteiger partial charge in [-0.15, -0.1) is 0 Å². The van der Waals surface area contributed by atoms with Crippen LogP contribution in [0.15, 0.2) is 0 Å². The monoisotopic (exact) mass is 271 g/mol. The summed E-state index contributed by atoms with van der Waals surface area (Å²) in [4.78, 5) is 0. The highest BCUT2D eigenvalue weighted by molar-refractivity contribution is 4.54. The van der Waals surface area contributed by atoms with Crippen molar-refractivity contribution in [1.82, 2.24) is 5.32 Å². The fraction of sp³-hybridized carbons (Fsp3) is 1.00. The maximum atomic E-state index is 5.71. The second-order valence-corrected chi connectivity index (χ2v) is 6.02. The molecule has 0 spiro atoms. The lowest BCUT2D eigenvalue weighted by Gasteiger charge is -2.17. The molecule has 0 saturated heterocycles. The topological polar surface area (TPSA) is 21.3 Å². The summed E-state index contributed by atoms with van der Waals surface area (Å²) in [5.74, 6) is 0. The summed E-state index contributed by atoms with van der Waals surface area (Å²) in [6.45, 7) is 9.58. The van der Waals surface area contributed by atoms with Gasteiger partial charge in [0.25, 0.3) is 0 Å². The minimum absolute atomic E-state index is 0.193. The summed E-state index contributed by atoms with van der Waals surface area (Å²) < 4.78 is 5.71. The minimum atomic E-state index is 0.193. The van der Waals surface area contributed by atoms with Crippen molar-refractivity contribution in [3.05, 3.63) is 0 Å². The first kappa shape index (κ1) is 18.9. The van der Waals surface area contributed by atoms with Crippen LogP contribution in [0.1, 0.15) is 91.9 Å². The van der Waals surface area contributed by atoms with E-state index in [9.17, 15) is 0 Å². The van der Waals surface area contributed by atoms with Gasteiger partial charge < -0.3 is 4.74 Å². The first-order chi connectivity index (χ1) is 9.16. The van der Waals surface area contributed by atoms with Gasteiger partial charge in [0, 0.05) is 12.6 Å². The second kappa shape index (κ2) is 14.3. The molecule has 0 heterocycles. The molecule has 0 aliphatic rings. The lowest BCUT2D eigenvalue weighted by Crippen LogP contribution is -2.34. The summed E-state index contributed by atoms with van der Waals surface area (Å²) in [7, 11) is 0.